The number of carboxylic acid groups (broad SMARTS) is 1. The van der Waals surface area contributed by atoms with Gasteiger partial charge in [-0.1, -0.05) is 60.3 Å². The maximum absolute atomic E-state index is 14.3. The number of carboxylic acids is 1. The monoisotopic (exact) mass is 647 g/mol. The quantitative estimate of drug-likeness (QED) is 0.319. The maximum Gasteiger partial charge on any atom is 0.354 e. The van der Waals surface area contributed by atoms with E-state index in [9.17, 15) is 27.9 Å². The van der Waals surface area contributed by atoms with Gasteiger partial charge in [0.25, 0.3) is 5.91 Å². The summed E-state index contributed by atoms with van der Waals surface area (Å²) in [4.78, 5) is 41.6. The van der Waals surface area contributed by atoms with Gasteiger partial charge in [-0.25, -0.2) is 17.9 Å². The van der Waals surface area contributed by atoms with Crippen LogP contribution in [0.2, 0.25) is 10.0 Å². The van der Waals surface area contributed by atoms with Gasteiger partial charge in [-0.3, -0.25) is 14.3 Å². The Balaban J connectivity index is 1.58. The summed E-state index contributed by atoms with van der Waals surface area (Å²) >= 11 is 13.0. The Labute approximate surface area is 259 Å². The molecule has 3 aromatic rings. The third-order valence-electron chi connectivity index (χ3n) is 7.95. The van der Waals surface area contributed by atoms with Crippen LogP contribution in [-0.4, -0.2) is 70.9 Å². The van der Waals surface area contributed by atoms with E-state index < -0.39 is 45.9 Å². The number of nitrogens with zero attached hydrogens (tertiary/aromatic N) is 3. The number of amides is 2. The van der Waals surface area contributed by atoms with Crippen LogP contribution >= 0.6 is 23.2 Å². The Bertz CT molecular complexity index is 1660. The summed E-state index contributed by atoms with van der Waals surface area (Å²) in [6.07, 6.45) is 5.06. The molecule has 4 atom stereocenters. The highest BCUT2D eigenvalue weighted by molar-refractivity contribution is 7.88. The third-order valence-corrected chi connectivity index (χ3v) is 9.24. The lowest BCUT2D eigenvalue weighted by molar-refractivity contribution is -0.124. The van der Waals surface area contributed by atoms with Crippen molar-refractivity contribution in [3.63, 3.8) is 0 Å². The summed E-state index contributed by atoms with van der Waals surface area (Å²) in [5.41, 5.74) is 1.33. The Morgan fingerprint density at radius 2 is 1.81 bits per heavy atom. The fourth-order valence-corrected chi connectivity index (χ4v) is 7.56. The molecule has 0 unspecified atom stereocenters. The van der Waals surface area contributed by atoms with Crippen LogP contribution < -0.4 is 10.0 Å². The first-order valence-corrected chi connectivity index (χ1v) is 16.5. The summed E-state index contributed by atoms with van der Waals surface area (Å²) in [5, 5.41) is 17.0. The molecule has 2 aromatic carbocycles. The molecule has 5 rings (SSSR count). The minimum Gasteiger partial charge on any atom is -0.477 e. The van der Waals surface area contributed by atoms with Gasteiger partial charge >= 0.3 is 5.97 Å². The van der Waals surface area contributed by atoms with Gasteiger partial charge < -0.3 is 15.3 Å². The first-order valence-electron chi connectivity index (χ1n) is 13.8. The zero-order valence-corrected chi connectivity index (χ0v) is 25.6. The predicted octanol–water partition coefficient (Wildman–Crippen LogP) is 3.85. The van der Waals surface area contributed by atoms with Crippen LogP contribution in [0, 0.1) is 0 Å². The highest BCUT2D eigenvalue weighted by Crippen LogP contribution is 2.47. The summed E-state index contributed by atoms with van der Waals surface area (Å²) in [6, 6.07) is 11.1. The smallest absolute Gasteiger partial charge is 0.354 e. The summed E-state index contributed by atoms with van der Waals surface area (Å²) < 4.78 is 28.7. The molecule has 1 saturated carbocycles. The zero-order chi connectivity index (χ0) is 30.9. The number of fused-ring (bicyclic) bond motifs is 1. The lowest BCUT2D eigenvalue weighted by Gasteiger charge is -2.49. The first-order chi connectivity index (χ1) is 20.5. The van der Waals surface area contributed by atoms with Crippen LogP contribution in [0.1, 0.15) is 69.6 Å². The second-order valence-electron chi connectivity index (χ2n) is 10.8. The van der Waals surface area contributed by atoms with Crippen molar-refractivity contribution in [2.45, 2.75) is 56.3 Å². The molecule has 0 spiro atoms. The van der Waals surface area contributed by atoms with Crippen LogP contribution in [0.5, 0.6) is 0 Å². The van der Waals surface area contributed by atoms with E-state index in [1.165, 1.54) is 16.9 Å². The van der Waals surface area contributed by atoms with Gasteiger partial charge in [-0.2, -0.15) is 5.10 Å². The molecular weight excluding hydrogens is 617 g/mol. The van der Waals surface area contributed by atoms with Crippen molar-refractivity contribution < 1.29 is 27.9 Å². The Morgan fingerprint density at radius 3 is 2.53 bits per heavy atom. The van der Waals surface area contributed by atoms with Crippen molar-refractivity contribution in [2.75, 3.05) is 12.8 Å². The van der Waals surface area contributed by atoms with E-state index in [-0.39, 0.29) is 29.7 Å². The molecule has 1 aliphatic heterocycles. The number of carbonyl (C=O) groups excluding carboxylic acids is 2. The minimum atomic E-state index is -3.60. The standard InChI is InChI=1S/C29H31Cl2N5O6S/c1-43(41,42)34-22-8-4-5-9-23(22)36-26(20-11-10-17(30)16-21(20)31)25(18-6-2-3-7-19(18)28(36)38)27(37)32-14-15-35-24(29(39)40)12-13-33-35/h2-3,6-7,10-13,16,22-23,25-26,34H,4-5,8-9,14-15H2,1H3,(H,32,37)(H,39,40)/t22-,23-,25+,26-/m0/s1. The number of sulfonamides is 1. The summed E-state index contributed by atoms with van der Waals surface area (Å²) in [7, 11) is -3.60. The number of halogens is 2. The summed E-state index contributed by atoms with van der Waals surface area (Å²) in [6.45, 7) is 0.170. The van der Waals surface area contributed by atoms with Crippen molar-refractivity contribution >= 4 is 51.0 Å². The van der Waals surface area contributed by atoms with Crippen LogP contribution in [0.25, 0.3) is 0 Å². The van der Waals surface area contributed by atoms with Gasteiger partial charge in [0.05, 0.1) is 24.8 Å². The molecule has 3 N–H and O–H groups in total. The zero-order valence-electron chi connectivity index (χ0n) is 23.2. The molecule has 1 fully saturated rings. The normalized spacial score (nSPS) is 22.2. The topological polar surface area (TPSA) is 151 Å². The average molecular weight is 649 g/mol. The number of rotatable bonds is 9. The fraction of sp³-hybridized carbons (Fsp3) is 0.379. The highest BCUT2D eigenvalue weighted by atomic mass is 35.5. The number of aromatic carboxylic acids is 1. The Morgan fingerprint density at radius 1 is 1.07 bits per heavy atom. The second kappa shape index (κ2) is 12.7. The van der Waals surface area contributed by atoms with E-state index in [0.717, 1.165) is 19.1 Å². The lowest BCUT2D eigenvalue weighted by atomic mass is 9.76. The molecule has 1 aliphatic carbocycles. The van der Waals surface area contributed by atoms with Gasteiger partial charge in [-0.05, 0) is 48.2 Å². The number of aromatic nitrogens is 2. The fourth-order valence-electron chi connectivity index (χ4n) is 6.22. The number of carbonyl (C=O) groups is 3. The van der Waals surface area contributed by atoms with Crippen molar-refractivity contribution in [1.29, 1.82) is 0 Å². The largest absolute Gasteiger partial charge is 0.477 e. The predicted molar refractivity (Wildman–Crippen MR) is 161 cm³/mol. The average Bonchev–Trinajstić information content (AvgIpc) is 3.42. The number of hydrogen-bond donors (Lipinski definition) is 3. The maximum atomic E-state index is 14.3. The van der Waals surface area contributed by atoms with Crippen LogP contribution in [-0.2, 0) is 21.4 Å². The SMILES string of the molecule is CS(=O)(=O)N[C@H]1CCCC[C@@H]1N1C(=O)c2ccccc2[C@@H](C(=O)NCCn2nccc2C(=O)O)[C@@H]1c1ccc(Cl)cc1Cl. The van der Waals surface area contributed by atoms with Crippen LogP contribution in [0.4, 0.5) is 0 Å². The van der Waals surface area contributed by atoms with Crippen molar-refractivity contribution in [1.82, 2.24) is 24.7 Å². The molecule has 2 aliphatic rings. The molecule has 2 amide bonds. The van der Waals surface area contributed by atoms with Gasteiger partial charge in [0, 0.05) is 40.4 Å². The van der Waals surface area contributed by atoms with Gasteiger partial charge in [-0.15, -0.1) is 0 Å². The molecule has 1 aromatic heterocycles. The lowest BCUT2D eigenvalue weighted by Crippen LogP contribution is -2.59. The van der Waals surface area contributed by atoms with Crippen LogP contribution in [0.3, 0.4) is 0 Å². The van der Waals surface area contributed by atoms with E-state index in [1.54, 1.807) is 47.4 Å². The molecule has 228 valence electrons. The third kappa shape index (κ3) is 6.57. The number of nitrogens with one attached hydrogen (secondary N) is 2. The molecule has 0 saturated heterocycles. The van der Waals surface area contributed by atoms with Gasteiger partial charge in [0.2, 0.25) is 15.9 Å². The summed E-state index contributed by atoms with van der Waals surface area (Å²) in [5.74, 6) is -2.80. The minimum absolute atomic E-state index is 0.0124. The van der Waals surface area contributed by atoms with E-state index >= 15 is 0 Å². The molecule has 0 radical (unpaired) electrons. The second-order valence-corrected chi connectivity index (χ2v) is 13.4. The van der Waals surface area contributed by atoms with Crippen molar-refractivity contribution in [3.8, 4) is 0 Å². The molecule has 11 nitrogen and oxygen atoms in total. The van der Waals surface area contributed by atoms with E-state index in [4.69, 9.17) is 23.2 Å². The molecule has 2 heterocycles. The van der Waals surface area contributed by atoms with Crippen molar-refractivity contribution in [2.24, 2.45) is 0 Å². The molecule has 43 heavy (non-hydrogen) atoms. The molecule has 14 heteroatoms. The number of hydrogen-bond acceptors (Lipinski definition) is 6. The van der Waals surface area contributed by atoms with Gasteiger partial charge in [0.15, 0.2) is 0 Å². The van der Waals surface area contributed by atoms with E-state index in [0.29, 0.717) is 34.6 Å². The van der Waals surface area contributed by atoms with E-state index in [2.05, 4.69) is 15.1 Å². The van der Waals surface area contributed by atoms with E-state index in [1.807, 2.05) is 0 Å². The molecule has 0 bridgehead atoms. The highest BCUT2D eigenvalue weighted by Gasteiger charge is 2.49. The Kier molecular flexibility index (Phi) is 9.12. The van der Waals surface area contributed by atoms with Crippen LogP contribution in [0.15, 0.2) is 54.7 Å². The molecular formula is C29H31Cl2N5O6S. The Hall–Kier alpha value is -3.45. The van der Waals surface area contributed by atoms with Crippen molar-refractivity contribution in [3.05, 3.63) is 87.2 Å². The number of benzene rings is 2. The first kappa shape index (κ1) is 31.0. The van der Waals surface area contributed by atoms with Gasteiger partial charge in [0.1, 0.15) is 5.69 Å².